The number of anilines is 1. The van der Waals surface area contributed by atoms with Gasteiger partial charge in [0.25, 0.3) is 0 Å². The first-order valence-corrected chi connectivity index (χ1v) is 5.05. The van der Waals surface area contributed by atoms with E-state index in [9.17, 15) is 0 Å². The van der Waals surface area contributed by atoms with E-state index >= 15 is 0 Å². The summed E-state index contributed by atoms with van der Waals surface area (Å²) >= 11 is 0. The van der Waals surface area contributed by atoms with E-state index < -0.39 is 0 Å². The van der Waals surface area contributed by atoms with Crippen LogP contribution in [0, 0.1) is 0 Å². The lowest BCUT2D eigenvalue weighted by Crippen LogP contribution is -2.22. The van der Waals surface area contributed by atoms with E-state index in [1.54, 1.807) is 0 Å². The molecule has 2 unspecified atom stereocenters. The second kappa shape index (κ2) is 4.47. The van der Waals surface area contributed by atoms with Gasteiger partial charge in [0.05, 0.1) is 0 Å². The van der Waals surface area contributed by atoms with E-state index in [0.717, 1.165) is 0 Å². The zero-order valence-electron chi connectivity index (χ0n) is 9.49. The topological polar surface area (TPSA) is 29.3 Å². The number of nitrogens with two attached hydrogens (primary N) is 1. The van der Waals surface area contributed by atoms with E-state index in [4.69, 9.17) is 5.73 Å². The molecular weight excluding hydrogens is 172 g/mol. The van der Waals surface area contributed by atoms with Gasteiger partial charge in [0, 0.05) is 25.8 Å². The van der Waals surface area contributed by atoms with Crippen molar-refractivity contribution in [2.75, 3.05) is 19.0 Å². The minimum atomic E-state index is 0.209. The predicted octanol–water partition coefficient (Wildman–Crippen LogP) is 2.20. The molecule has 1 aromatic rings. The van der Waals surface area contributed by atoms with Crippen LogP contribution in [-0.2, 0) is 0 Å². The third kappa shape index (κ3) is 2.48. The standard InChI is InChI=1S/C12H20N2/c1-9(10(2)13)11-5-7-12(8-6-11)14(3)4/h5-10H,13H2,1-4H3. The molecule has 78 valence electrons. The van der Waals surface area contributed by atoms with Gasteiger partial charge >= 0.3 is 0 Å². The molecular formula is C12H20N2. The molecule has 0 bridgehead atoms. The minimum absolute atomic E-state index is 0.209. The lowest BCUT2D eigenvalue weighted by molar-refractivity contribution is 0.613. The first-order valence-electron chi connectivity index (χ1n) is 5.05. The molecule has 2 nitrogen and oxygen atoms in total. The van der Waals surface area contributed by atoms with Crippen molar-refractivity contribution >= 4 is 5.69 Å². The van der Waals surface area contributed by atoms with E-state index in [0.29, 0.717) is 5.92 Å². The molecule has 0 fully saturated rings. The van der Waals surface area contributed by atoms with Crippen molar-refractivity contribution in [2.45, 2.75) is 25.8 Å². The zero-order chi connectivity index (χ0) is 10.7. The zero-order valence-corrected chi connectivity index (χ0v) is 9.49. The highest BCUT2D eigenvalue weighted by Gasteiger charge is 2.09. The molecule has 0 aliphatic heterocycles. The second-order valence-electron chi connectivity index (χ2n) is 4.13. The summed E-state index contributed by atoms with van der Waals surface area (Å²) in [4.78, 5) is 2.10. The second-order valence-corrected chi connectivity index (χ2v) is 4.13. The van der Waals surface area contributed by atoms with Gasteiger partial charge in [-0.05, 0) is 30.5 Å². The third-order valence-electron chi connectivity index (χ3n) is 2.72. The maximum Gasteiger partial charge on any atom is 0.0361 e. The van der Waals surface area contributed by atoms with Crippen LogP contribution in [0.15, 0.2) is 24.3 Å². The van der Waals surface area contributed by atoms with Gasteiger partial charge in [0.15, 0.2) is 0 Å². The lowest BCUT2D eigenvalue weighted by Gasteiger charge is -2.18. The summed E-state index contributed by atoms with van der Waals surface area (Å²) < 4.78 is 0. The highest BCUT2D eigenvalue weighted by molar-refractivity contribution is 5.46. The maximum absolute atomic E-state index is 5.86. The van der Waals surface area contributed by atoms with Crippen LogP contribution in [0.3, 0.4) is 0 Å². The SMILES string of the molecule is CC(N)C(C)c1ccc(N(C)C)cc1. The van der Waals surface area contributed by atoms with Crippen LogP contribution in [0.4, 0.5) is 5.69 Å². The Labute approximate surface area is 86.7 Å². The molecule has 14 heavy (non-hydrogen) atoms. The van der Waals surface area contributed by atoms with Crippen LogP contribution in [0.2, 0.25) is 0 Å². The molecule has 0 amide bonds. The van der Waals surface area contributed by atoms with Gasteiger partial charge in [-0.25, -0.2) is 0 Å². The Morgan fingerprint density at radius 1 is 1.07 bits per heavy atom. The van der Waals surface area contributed by atoms with Crippen molar-refractivity contribution in [1.29, 1.82) is 0 Å². The number of hydrogen-bond acceptors (Lipinski definition) is 2. The number of rotatable bonds is 3. The van der Waals surface area contributed by atoms with E-state index in [1.807, 2.05) is 21.0 Å². The fraction of sp³-hybridized carbons (Fsp3) is 0.500. The molecule has 2 N–H and O–H groups in total. The number of nitrogens with zero attached hydrogens (tertiary/aromatic N) is 1. The minimum Gasteiger partial charge on any atom is -0.378 e. The summed E-state index contributed by atoms with van der Waals surface area (Å²) in [6.45, 7) is 4.21. The first kappa shape index (κ1) is 11.1. The van der Waals surface area contributed by atoms with Crippen LogP contribution in [0.1, 0.15) is 25.3 Å². The van der Waals surface area contributed by atoms with Gasteiger partial charge in [-0.2, -0.15) is 0 Å². The maximum atomic E-state index is 5.86. The Morgan fingerprint density at radius 3 is 1.93 bits per heavy atom. The highest BCUT2D eigenvalue weighted by atomic mass is 15.1. The van der Waals surface area contributed by atoms with Crippen LogP contribution in [0.5, 0.6) is 0 Å². The van der Waals surface area contributed by atoms with Gasteiger partial charge in [-0.3, -0.25) is 0 Å². The molecule has 2 heteroatoms. The molecule has 2 atom stereocenters. The lowest BCUT2D eigenvalue weighted by atomic mass is 9.95. The molecule has 0 radical (unpaired) electrons. The van der Waals surface area contributed by atoms with Crippen molar-refractivity contribution in [2.24, 2.45) is 5.73 Å². The number of benzene rings is 1. The molecule has 0 aliphatic carbocycles. The van der Waals surface area contributed by atoms with Crippen LogP contribution < -0.4 is 10.6 Å². The molecule has 1 aromatic carbocycles. The van der Waals surface area contributed by atoms with E-state index in [1.165, 1.54) is 11.3 Å². The average molecular weight is 192 g/mol. The van der Waals surface area contributed by atoms with Gasteiger partial charge < -0.3 is 10.6 Å². The van der Waals surface area contributed by atoms with Gasteiger partial charge in [-0.15, -0.1) is 0 Å². The molecule has 0 spiro atoms. The molecule has 0 saturated carbocycles. The van der Waals surface area contributed by atoms with Crippen LogP contribution >= 0.6 is 0 Å². The van der Waals surface area contributed by atoms with Crippen molar-refractivity contribution in [3.05, 3.63) is 29.8 Å². The number of hydrogen-bond donors (Lipinski definition) is 1. The van der Waals surface area contributed by atoms with Crippen molar-refractivity contribution in [3.63, 3.8) is 0 Å². The normalized spacial score (nSPS) is 14.9. The third-order valence-corrected chi connectivity index (χ3v) is 2.72. The first-order chi connectivity index (χ1) is 6.52. The summed E-state index contributed by atoms with van der Waals surface area (Å²) in [7, 11) is 4.09. The molecule has 0 heterocycles. The van der Waals surface area contributed by atoms with Crippen LogP contribution in [-0.4, -0.2) is 20.1 Å². The fourth-order valence-corrected chi connectivity index (χ4v) is 1.38. The molecule has 0 aliphatic rings. The van der Waals surface area contributed by atoms with Gasteiger partial charge in [0.2, 0.25) is 0 Å². The summed E-state index contributed by atoms with van der Waals surface area (Å²) in [6, 6.07) is 8.79. The van der Waals surface area contributed by atoms with E-state index in [2.05, 4.69) is 36.1 Å². The Morgan fingerprint density at radius 2 is 1.57 bits per heavy atom. The van der Waals surface area contributed by atoms with Crippen molar-refractivity contribution in [3.8, 4) is 0 Å². The Balaban J connectivity index is 2.83. The Kier molecular flexibility index (Phi) is 3.53. The Hall–Kier alpha value is -1.02. The predicted molar refractivity (Wildman–Crippen MR) is 62.8 cm³/mol. The van der Waals surface area contributed by atoms with Gasteiger partial charge in [0.1, 0.15) is 0 Å². The quantitative estimate of drug-likeness (QED) is 0.795. The summed E-state index contributed by atoms with van der Waals surface area (Å²) in [5.74, 6) is 0.422. The van der Waals surface area contributed by atoms with E-state index in [-0.39, 0.29) is 6.04 Å². The molecule has 1 rings (SSSR count). The highest BCUT2D eigenvalue weighted by Crippen LogP contribution is 2.20. The monoisotopic (exact) mass is 192 g/mol. The fourth-order valence-electron chi connectivity index (χ4n) is 1.38. The smallest absolute Gasteiger partial charge is 0.0361 e. The van der Waals surface area contributed by atoms with Crippen molar-refractivity contribution in [1.82, 2.24) is 0 Å². The average Bonchev–Trinajstić information content (AvgIpc) is 2.16. The summed E-state index contributed by atoms with van der Waals surface area (Å²) in [5, 5.41) is 0. The largest absolute Gasteiger partial charge is 0.378 e. The van der Waals surface area contributed by atoms with Crippen LogP contribution in [0.25, 0.3) is 0 Å². The summed E-state index contributed by atoms with van der Waals surface area (Å²) in [5.41, 5.74) is 8.39. The Bertz CT molecular complexity index is 275. The molecule has 0 saturated heterocycles. The summed E-state index contributed by atoms with van der Waals surface area (Å²) in [6.07, 6.45) is 0. The molecule has 0 aromatic heterocycles. The van der Waals surface area contributed by atoms with Gasteiger partial charge in [-0.1, -0.05) is 19.1 Å². The van der Waals surface area contributed by atoms with Crippen molar-refractivity contribution < 1.29 is 0 Å².